The summed E-state index contributed by atoms with van der Waals surface area (Å²) in [5.74, 6) is 1.04. The second-order valence-electron chi connectivity index (χ2n) is 6.70. The van der Waals surface area contributed by atoms with Crippen molar-refractivity contribution in [3.05, 3.63) is 0 Å². The van der Waals surface area contributed by atoms with Crippen molar-refractivity contribution >= 4 is 5.91 Å². The molecule has 1 atom stereocenters. The number of hydrogen-bond acceptors (Lipinski definition) is 3. The fourth-order valence-corrected chi connectivity index (χ4v) is 2.65. The molecule has 0 aliphatic carbocycles. The average molecular weight is 284 g/mol. The Kier molecular flexibility index (Phi) is 7.52. The van der Waals surface area contributed by atoms with Gasteiger partial charge in [0.15, 0.2) is 0 Å². The van der Waals surface area contributed by atoms with Crippen LogP contribution in [0.2, 0.25) is 0 Å². The van der Waals surface area contributed by atoms with E-state index >= 15 is 0 Å². The van der Waals surface area contributed by atoms with Gasteiger partial charge in [-0.15, -0.1) is 0 Å². The third-order valence-electron chi connectivity index (χ3n) is 3.83. The molecule has 118 valence electrons. The van der Waals surface area contributed by atoms with Gasteiger partial charge in [-0.05, 0) is 25.3 Å². The van der Waals surface area contributed by atoms with E-state index in [1.807, 2.05) is 25.8 Å². The minimum absolute atomic E-state index is 0.0609. The molecular formula is C16H32N2O2. The van der Waals surface area contributed by atoms with Crippen LogP contribution in [0.25, 0.3) is 0 Å². The first kappa shape index (κ1) is 17.4. The summed E-state index contributed by atoms with van der Waals surface area (Å²) in [5.41, 5.74) is 0. The Morgan fingerprint density at radius 3 is 2.65 bits per heavy atom. The summed E-state index contributed by atoms with van der Waals surface area (Å²) in [6.45, 7) is 13.1. The topological polar surface area (TPSA) is 32.8 Å². The van der Waals surface area contributed by atoms with Gasteiger partial charge >= 0.3 is 0 Å². The Labute approximate surface area is 124 Å². The molecule has 1 fully saturated rings. The number of morpholine rings is 1. The minimum Gasteiger partial charge on any atom is -0.374 e. The Bertz CT molecular complexity index is 292. The van der Waals surface area contributed by atoms with Gasteiger partial charge in [-0.3, -0.25) is 9.69 Å². The molecule has 0 spiro atoms. The molecule has 0 N–H and O–H groups in total. The minimum atomic E-state index is 0.0609. The summed E-state index contributed by atoms with van der Waals surface area (Å²) in [4.78, 5) is 16.2. The van der Waals surface area contributed by atoms with E-state index < -0.39 is 0 Å². The normalized spacial score (nSPS) is 20.6. The average Bonchev–Trinajstić information content (AvgIpc) is 2.37. The van der Waals surface area contributed by atoms with Crippen molar-refractivity contribution in [2.24, 2.45) is 11.8 Å². The lowest BCUT2D eigenvalue weighted by Gasteiger charge is -2.35. The van der Waals surface area contributed by atoms with E-state index in [0.29, 0.717) is 6.54 Å². The molecule has 1 aliphatic rings. The number of carbonyl (C=O) groups excluding carboxylic acids is 1. The lowest BCUT2D eigenvalue weighted by atomic mass is 10.1. The molecule has 1 heterocycles. The van der Waals surface area contributed by atoms with Gasteiger partial charge in [-0.25, -0.2) is 0 Å². The lowest BCUT2D eigenvalue weighted by molar-refractivity contribution is -0.136. The summed E-state index contributed by atoms with van der Waals surface area (Å²) >= 11 is 0. The SMILES string of the molecule is CC(C)CCCN1CCO[C@@H](CN(C)C(=O)C(C)C)C1. The number of carbonyl (C=O) groups is 1. The fraction of sp³-hybridized carbons (Fsp3) is 0.938. The zero-order valence-electron chi connectivity index (χ0n) is 13.9. The maximum Gasteiger partial charge on any atom is 0.224 e. The van der Waals surface area contributed by atoms with E-state index in [9.17, 15) is 4.79 Å². The number of nitrogens with zero attached hydrogens (tertiary/aromatic N) is 2. The van der Waals surface area contributed by atoms with E-state index in [4.69, 9.17) is 4.74 Å². The first-order valence-electron chi connectivity index (χ1n) is 7.99. The van der Waals surface area contributed by atoms with Crippen LogP contribution in [-0.2, 0) is 9.53 Å². The van der Waals surface area contributed by atoms with Crippen LogP contribution in [0.5, 0.6) is 0 Å². The predicted molar refractivity (Wildman–Crippen MR) is 82.7 cm³/mol. The third kappa shape index (κ3) is 6.23. The highest BCUT2D eigenvalue weighted by atomic mass is 16.5. The van der Waals surface area contributed by atoms with Gasteiger partial charge in [0, 0.05) is 32.6 Å². The molecule has 0 aromatic rings. The predicted octanol–water partition coefficient (Wildman–Crippen LogP) is 2.24. The van der Waals surface area contributed by atoms with Crippen molar-refractivity contribution in [2.45, 2.75) is 46.6 Å². The zero-order valence-corrected chi connectivity index (χ0v) is 13.9. The second-order valence-corrected chi connectivity index (χ2v) is 6.70. The smallest absolute Gasteiger partial charge is 0.224 e. The first-order chi connectivity index (χ1) is 9.40. The third-order valence-corrected chi connectivity index (χ3v) is 3.83. The zero-order chi connectivity index (χ0) is 15.1. The molecule has 0 aromatic heterocycles. The van der Waals surface area contributed by atoms with E-state index in [-0.39, 0.29) is 17.9 Å². The van der Waals surface area contributed by atoms with Crippen LogP contribution >= 0.6 is 0 Å². The van der Waals surface area contributed by atoms with Gasteiger partial charge < -0.3 is 9.64 Å². The second kappa shape index (κ2) is 8.63. The number of hydrogen-bond donors (Lipinski definition) is 0. The van der Waals surface area contributed by atoms with Crippen LogP contribution in [0, 0.1) is 11.8 Å². The Balaban J connectivity index is 2.31. The number of likely N-dealkylation sites (N-methyl/N-ethyl adjacent to an activating group) is 1. The standard InChI is InChI=1S/C16H32N2O2/c1-13(2)7-6-8-18-9-10-20-15(12-18)11-17(5)16(19)14(3)4/h13-15H,6-12H2,1-5H3/t15-/m0/s1. The number of rotatable bonds is 7. The van der Waals surface area contributed by atoms with Gasteiger partial charge in [-0.1, -0.05) is 27.7 Å². The summed E-state index contributed by atoms with van der Waals surface area (Å²) < 4.78 is 5.80. The summed E-state index contributed by atoms with van der Waals surface area (Å²) in [6, 6.07) is 0. The van der Waals surface area contributed by atoms with Crippen LogP contribution in [-0.4, -0.2) is 61.6 Å². The molecule has 20 heavy (non-hydrogen) atoms. The Morgan fingerprint density at radius 1 is 1.35 bits per heavy atom. The van der Waals surface area contributed by atoms with Gasteiger partial charge in [0.1, 0.15) is 0 Å². The van der Waals surface area contributed by atoms with Crippen LogP contribution in [0.15, 0.2) is 0 Å². The van der Waals surface area contributed by atoms with E-state index in [2.05, 4.69) is 18.7 Å². The molecule has 4 heteroatoms. The van der Waals surface area contributed by atoms with Gasteiger partial charge in [-0.2, -0.15) is 0 Å². The maximum atomic E-state index is 11.9. The Hall–Kier alpha value is -0.610. The molecule has 1 saturated heterocycles. The van der Waals surface area contributed by atoms with Crippen LogP contribution < -0.4 is 0 Å². The molecule has 0 bridgehead atoms. The molecular weight excluding hydrogens is 252 g/mol. The van der Waals surface area contributed by atoms with E-state index in [1.165, 1.54) is 12.8 Å². The molecule has 1 aliphatic heterocycles. The largest absolute Gasteiger partial charge is 0.374 e. The van der Waals surface area contributed by atoms with Gasteiger partial charge in [0.05, 0.1) is 12.7 Å². The van der Waals surface area contributed by atoms with Crippen molar-refractivity contribution in [2.75, 3.05) is 39.8 Å². The van der Waals surface area contributed by atoms with Crippen molar-refractivity contribution < 1.29 is 9.53 Å². The fourth-order valence-electron chi connectivity index (χ4n) is 2.65. The molecule has 0 unspecified atom stereocenters. The first-order valence-corrected chi connectivity index (χ1v) is 7.99. The highest BCUT2D eigenvalue weighted by Crippen LogP contribution is 2.11. The molecule has 0 saturated carbocycles. The van der Waals surface area contributed by atoms with E-state index in [0.717, 1.165) is 32.2 Å². The molecule has 0 radical (unpaired) electrons. The van der Waals surface area contributed by atoms with Crippen LogP contribution in [0.4, 0.5) is 0 Å². The van der Waals surface area contributed by atoms with Gasteiger partial charge in [0.2, 0.25) is 5.91 Å². The molecule has 0 aromatic carbocycles. The molecule has 1 amide bonds. The van der Waals surface area contributed by atoms with Crippen molar-refractivity contribution in [1.82, 2.24) is 9.80 Å². The van der Waals surface area contributed by atoms with Crippen LogP contribution in [0.3, 0.4) is 0 Å². The monoisotopic (exact) mass is 284 g/mol. The van der Waals surface area contributed by atoms with Crippen molar-refractivity contribution in [1.29, 1.82) is 0 Å². The quantitative estimate of drug-likeness (QED) is 0.719. The highest BCUT2D eigenvalue weighted by molar-refractivity contribution is 5.77. The maximum absolute atomic E-state index is 11.9. The lowest BCUT2D eigenvalue weighted by Crippen LogP contribution is -2.48. The molecule has 4 nitrogen and oxygen atoms in total. The van der Waals surface area contributed by atoms with Crippen molar-refractivity contribution in [3.63, 3.8) is 0 Å². The summed E-state index contributed by atoms with van der Waals surface area (Å²) in [6.07, 6.45) is 2.70. The highest BCUT2D eigenvalue weighted by Gasteiger charge is 2.23. The van der Waals surface area contributed by atoms with E-state index in [1.54, 1.807) is 0 Å². The Morgan fingerprint density at radius 2 is 2.05 bits per heavy atom. The number of amides is 1. The number of ether oxygens (including phenoxy) is 1. The molecule has 1 rings (SSSR count). The van der Waals surface area contributed by atoms with Crippen molar-refractivity contribution in [3.8, 4) is 0 Å². The van der Waals surface area contributed by atoms with Crippen LogP contribution in [0.1, 0.15) is 40.5 Å². The summed E-state index contributed by atoms with van der Waals surface area (Å²) in [7, 11) is 1.88. The van der Waals surface area contributed by atoms with Gasteiger partial charge in [0.25, 0.3) is 0 Å². The summed E-state index contributed by atoms with van der Waals surface area (Å²) in [5, 5.41) is 0.